The van der Waals surface area contributed by atoms with E-state index in [1.165, 1.54) is 11.8 Å². The summed E-state index contributed by atoms with van der Waals surface area (Å²) in [6, 6.07) is 12.8. The number of rotatable bonds is 6. The van der Waals surface area contributed by atoms with E-state index >= 15 is 0 Å². The van der Waals surface area contributed by atoms with Crippen LogP contribution in [0, 0.1) is 0 Å². The first-order valence-corrected chi connectivity index (χ1v) is 8.85. The zero-order valence-electron chi connectivity index (χ0n) is 13.7. The summed E-state index contributed by atoms with van der Waals surface area (Å²) in [5.74, 6) is 0.493. The maximum absolute atomic E-state index is 12.2. The number of amides is 1. The number of benzene rings is 1. The Kier molecular flexibility index (Phi) is 5.45. The van der Waals surface area contributed by atoms with Gasteiger partial charge in [-0.15, -0.1) is 0 Å². The normalized spacial score (nSPS) is 12.0. The van der Waals surface area contributed by atoms with Gasteiger partial charge in [-0.25, -0.2) is 9.97 Å². The second-order valence-electron chi connectivity index (χ2n) is 5.50. The number of aromatic amines is 1. The van der Waals surface area contributed by atoms with Crippen molar-refractivity contribution in [3.8, 4) is 0 Å². The molecule has 2 aromatic heterocycles. The molecule has 2 heterocycles. The molecule has 0 aliphatic rings. The second-order valence-corrected chi connectivity index (χ2v) is 6.86. The van der Waals surface area contributed by atoms with Crippen LogP contribution < -0.4 is 10.9 Å². The van der Waals surface area contributed by atoms with Gasteiger partial charge in [-0.2, -0.15) is 0 Å². The summed E-state index contributed by atoms with van der Waals surface area (Å²) in [7, 11) is 0. The first-order valence-electron chi connectivity index (χ1n) is 7.97. The van der Waals surface area contributed by atoms with Crippen LogP contribution in [0.5, 0.6) is 0 Å². The minimum absolute atomic E-state index is 0.0706. The number of nitrogens with zero attached hydrogens (tertiary/aromatic N) is 2. The highest BCUT2D eigenvalue weighted by molar-refractivity contribution is 8.00. The van der Waals surface area contributed by atoms with Crippen molar-refractivity contribution in [2.75, 3.05) is 6.54 Å². The Labute approximate surface area is 149 Å². The Hall–Kier alpha value is -2.67. The standard InChI is InChI=1S/C18H18N4O2S/c1-12(25-16-8-4-5-10-19-16)17(23)20-11-9-15-21-14-7-3-2-6-13(14)18(24)22-15/h2-8,10,12H,9,11H2,1H3,(H,20,23)(H,21,22,24)/t12-/m0/s1. The fourth-order valence-electron chi connectivity index (χ4n) is 2.35. The van der Waals surface area contributed by atoms with E-state index in [2.05, 4.69) is 20.3 Å². The molecule has 0 bridgehead atoms. The lowest BCUT2D eigenvalue weighted by Crippen LogP contribution is -2.33. The lowest BCUT2D eigenvalue weighted by atomic mass is 10.2. The van der Waals surface area contributed by atoms with E-state index in [0.29, 0.717) is 29.7 Å². The van der Waals surface area contributed by atoms with Gasteiger partial charge in [0.25, 0.3) is 5.56 Å². The van der Waals surface area contributed by atoms with Gasteiger partial charge < -0.3 is 10.3 Å². The van der Waals surface area contributed by atoms with Crippen molar-refractivity contribution in [2.24, 2.45) is 0 Å². The second kappa shape index (κ2) is 7.94. The number of pyridine rings is 1. The van der Waals surface area contributed by atoms with Crippen molar-refractivity contribution in [2.45, 2.75) is 23.6 Å². The SMILES string of the molecule is C[C@H](Sc1ccccn1)C(=O)NCCc1nc2ccccc2c(=O)[nH]1. The number of thioether (sulfide) groups is 1. The van der Waals surface area contributed by atoms with E-state index in [0.717, 1.165) is 5.03 Å². The molecule has 1 amide bonds. The van der Waals surface area contributed by atoms with E-state index in [4.69, 9.17) is 0 Å². The van der Waals surface area contributed by atoms with Crippen LogP contribution in [0.1, 0.15) is 12.7 Å². The highest BCUT2D eigenvalue weighted by Crippen LogP contribution is 2.20. The number of hydrogen-bond donors (Lipinski definition) is 2. The third-order valence-corrected chi connectivity index (χ3v) is 4.68. The predicted octanol–water partition coefficient (Wildman–Crippen LogP) is 2.16. The van der Waals surface area contributed by atoms with Crippen molar-refractivity contribution in [3.05, 3.63) is 64.8 Å². The van der Waals surface area contributed by atoms with Crippen LogP contribution in [-0.4, -0.2) is 32.7 Å². The molecule has 0 aliphatic carbocycles. The van der Waals surface area contributed by atoms with Crippen LogP contribution in [0.15, 0.2) is 58.5 Å². The first kappa shape index (κ1) is 17.2. The van der Waals surface area contributed by atoms with Crippen LogP contribution in [0.3, 0.4) is 0 Å². The van der Waals surface area contributed by atoms with Gasteiger partial charge in [0.1, 0.15) is 5.82 Å². The monoisotopic (exact) mass is 354 g/mol. The minimum Gasteiger partial charge on any atom is -0.355 e. The molecule has 0 radical (unpaired) electrons. The lowest BCUT2D eigenvalue weighted by Gasteiger charge is -2.11. The van der Waals surface area contributed by atoms with Crippen molar-refractivity contribution < 1.29 is 4.79 Å². The quantitative estimate of drug-likeness (QED) is 0.662. The van der Waals surface area contributed by atoms with Crippen molar-refractivity contribution in [1.82, 2.24) is 20.3 Å². The molecule has 0 aliphatic heterocycles. The molecule has 6 nitrogen and oxygen atoms in total. The summed E-state index contributed by atoms with van der Waals surface area (Å²) >= 11 is 1.41. The van der Waals surface area contributed by atoms with Gasteiger partial charge in [-0.1, -0.05) is 30.0 Å². The van der Waals surface area contributed by atoms with Gasteiger partial charge in [0, 0.05) is 19.2 Å². The molecule has 1 atom stereocenters. The summed E-state index contributed by atoms with van der Waals surface area (Å²) in [6.07, 6.45) is 2.17. The molecule has 7 heteroatoms. The molecule has 1 aromatic carbocycles. The number of nitrogens with one attached hydrogen (secondary N) is 2. The molecule has 2 N–H and O–H groups in total. The van der Waals surface area contributed by atoms with E-state index in [-0.39, 0.29) is 16.7 Å². The van der Waals surface area contributed by atoms with Gasteiger partial charge in [0.05, 0.1) is 21.2 Å². The lowest BCUT2D eigenvalue weighted by molar-refractivity contribution is -0.120. The fraction of sp³-hybridized carbons (Fsp3) is 0.222. The summed E-state index contributed by atoms with van der Waals surface area (Å²) in [6.45, 7) is 2.25. The number of para-hydroxylation sites is 1. The van der Waals surface area contributed by atoms with E-state index in [1.807, 2.05) is 31.2 Å². The van der Waals surface area contributed by atoms with Crippen LogP contribution in [0.25, 0.3) is 10.9 Å². The molecule has 0 saturated carbocycles. The molecule has 3 rings (SSSR count). The Morgan fingerprint density at radius 3 is 2.84 bits per heavy atom. The third kappa shape index (κ3) is 4.45. The van der Waals surface area contributed by atoms with Crippen molar-refractivity contribution in [1.29, 1.82) is 0 Å². The highest BCUT2D eigenvalue weighted by atomic mass is 32.2. The average molecular weight is 354 g/mol. The Balaban J connectivity index is 1.55. The molecular formula is C18H18N4O2S. The summed E-state index contributed by atoms with van der Waals surface area (Å²) in [5, 5.41) is 3.99. The van der Waals surface area contributed by atoms with Gasteiger partial charge >= 0.3 is 0 Å². The number of carbonyl (C=O) groups is 1. The van der Waals surface area contributed by atoms with E-state index in [1.54, 1.807) is 24.4 Å². The van der Waals surface area contributed by atoms with Crippen LogP contribution in [0.4, 0.5) is 0 Å². The number of aromatic nitrogens is 3. The maximum atomic E-state index is 12.2. The molecule has 0 unspecified atom stereocenters. The minimum atomic E-state index is -0.251. The molecule has 0 spiro atoms. The predicted molar refractivity (Wildman–Crippen MR) is 98.6 cm³/mol. The van der Waals surface area contributed by atoms with Crippen LogP contribution in [0.2, 0.25) is 0 Å². The summed E-state index contributed by atoms with van der Waals surface area (Å²) in [5.41, 5.74) is 0.498. The Morgan fingerprint density at radius 1 is 1.24 bits per heavy atom. The Morgan fingerprint density at radius 2 is 2.04 bits per heavy atom. The highest BCUT2D eigenvalue weighted by Gasteiger charge is 2.14. The maximum Gasteiger partial charge on any atom is 0.258 e. The summed E-state index contributed by atoms with van der Waals surface area (Å²) in [4.78, 5) is 35.6. The topological polar surface area (TPSA) is 87.7 Å². The molecular weight excluding hydrogens is 336 g/mol. The van der Waals surface area contributed by atoms with Gasteiger partial charge in [-0.05, 0) is 31.2 Å². The van der Waals surface area contributed by atoms with E-state index < -0.39 is 0 Å². The number of carbonyl (C=O) groups excluding carboxylic acids is 1. The van der Waals surface area contributed by atoms with Crippen LogP contribution in [-0.2, 0) is 11.2 Å². The number of H-pyrrole nitrogens is 1. The Bertz CT molecular complexity index is 927. The summed E-state index contributed by atoms with van der Waals surface area (Å²) < 4.78 is 0. The zero-order chi connectivity index (χ0) is 17.6. The van der Waals surface area contributed by atoms with Gasteiger partial charge in [-0.3, -0.25) is 9.59 Å². The smallest absolute Gasteiger partial charge is 0.258 e. The van der Waals surface area contributed by atoms with Crippen LogP contribution >= 0.6 is 11.8 Å². The average Bonchev–Trinajstić information content (AvgIpc) is 2.62. The zero-order valence-corrected chi connectivity index (χ0v) is 14.5. The molecule has 128 valence electrons. The molecule has 0 saturated heterocycles. The molecule has 0 fully saturated rings. The van der Waals surface area contributed by atoms with E-state index in [9.17, 15) is 9.59 Å². The molecule has 3 aromatic rings. The van der Waals surface area contributed by atoms with Gasteiger partial charge in [0.15, 0.2) is 0 Å². The number of hydrogen-bond acceptors (Lipinski definition) is 5. The number of fused-ring (bicyclic) bond motifs is 1. The first-order chi connectivity index (χ1) is 12.1. The largest absolute Gasteiger partial charge is 0.355 e. The van der Waals surface area contributed by atoms with Crippen molar-refractivity contribution in [3.63, 3.8) is 0 Å². The van der Waals surface area contributed by atoms with Crippen molar-refractivity contribution >= 4 is 28.6 Å². The fourth-order valence-corrected chi connectivity index (χ4v) is 3.18. The van der Waals surface area contributed by atoms with Gasteiger partial charge in [0.2, 0.25) is 5.91 Å². The third-order valence-electron chi connectivity index (χ3n) is 3.63. The molecule has 25 heavy (non-hydrogen) atoms.